The second-order valence-corrected chi connectivity index (χ2v) is 11.5. The number of benzene rings is 2. The van der Waals surface area contributed by atoms with Gasteiger partial charge in [0.2, 0.25) is 0 Å². The summed E-state index contributed by atoms with van der Waals surface area (Å²) in [6.07, 6.45) is 2.89. The van der Waals surface area contributed by atoms with Gasteiger partial charge >= 0.3 is 6.09 Å². The number of aryl methyl sites for hydroxylation is 1. The van der Waals surface area contributed by atoms with Crippen molar-refractivity contribution in [2.24, 2.45) is 11.3 Å². The third-order valence-corrected chi connectivity index (χ3v) is 8.30. The summed E-state index contributed by atoms with van der Waals surface area (Å²) in [5, 5.41) is 10.5. The highest BCUT2D eigenvalue weighted by Gasteiger charge is 2.48. The van der Waals surface area contributed by atoms with E-state index >= 15 is 4.39 Å². The first-order valence-electron chi connectivity index (χ1n) is 13.0. The summed E-state index contributed by atoms with van der Waals surface area (Å²) in [5.74, 6) is 0.783. The Morgan fingerprint density at radius 3 is 2.57 bits per heavy atom. The number of carboxylic acid groups (broad SMARTS) is 1. The lowest BCUT2D eigenvalue weighted by Gasteiger charge is -2.54. The summed E-state index contributed by atoms with van der Waals surface area (Å²) in [5.41, 5.74) is 2.92. The molecule has 0 unspecified atom stereocenters. The van der Waals surface area contributed by atoms with Gasteiger partial charge in [-0.15, -0.1) is 0 Å². The van der Waals surface area contributed by atoms with Gasteiger partial charge in [0.25, 0.3) is 0 Å². The third kappa shape index (κ3) is 4.53. The molecule has 0 aromatic heterocycles. The molecule has 2 bridgehead atoms. The average molecular weight is 481 g/mol. The van der Waals surface area contributed by atoms with E-state index < -0.39 is 6.09 Å². The number of hydrogen-bond acceptors (Lipinski definition) is 3. The average Bonchev–Trinajstić information content (AvgIpc) is 2.81. The molecule has 2 atom stereocenters. The summed E-state index contributed by atoms with van der Waals surface area (Å²) < 4.78 is 21.5. The number of carbonyl (C=O) groups is 1. The topological polar surface area (TPSA) is 53.0 Å². The Kier molecular flexibility index (Phi) is 6.28. The van der Waals surface area contributed by atoms with Crippen molar-refractivity contribution in [1.29, 1.82) is 0 Å². The van der Waals surface area contributed by atoms with Gasteiger partial charge in [-0.1, -0.05) is 26.0 Å². The van der Waals surface area contributed by atoms with Crippen molar-refractivity contribution in [3.8, 4) is 16.9 Å². The van der Waals surface area contributed by atoms with Crippen LogP contribution >= 0.6 is 0 Å². The highest BCUT2D eigenvalue weighted by Crippen LogP contribution is 2.50. The summed E-state index contributed by atoms with van der Waals surface area (Å²) >= 11 is 0. The minimum Gasteiger partial charge on any atom is -0.491 e. The van der Waals surface area contributed by atoms with E-state index in [0.717, 1.165) is 62.0 Å². The van der Waals surface area contributed by atoms with Crippen LogP contribution in [0.3, 0.4) is 0 Å². The fourth-order valence-corrected chi connectivity index (χ4v) is 6.57. The standard InChI is InChI=1S/C29H37FN2O3/c1-18(2)35-22-7-5-6-20(14-22)23-15-21-8-11-29(3,4)27(24(21)16-25(23)30)32(28(33)34)26-17-31-12-9-19(26)10-13-31/h5-7,14-16,18-19,26-27H,8-13,17H2,1-4H3,(H,33,34)/t26-,27+/m1/s1. The molecule has 6 heteroatoms. The van der Waals surface area contributed by atoms with E-state index in [2.05, 4.69) is 18.7 Å². The molecule has 3 fully saturated rings. The van der Waals surface area contributed by atoms with Gasteiger partial charge in [-0.3, -0.25) is 4.90 Å². The van der Waals surface area contributed by atoms with Crippen molar-refractivity contribution in [3.05, 3.63) is 53.3 Å². The van der Waals surface area contributed by atoms with E-state index in [-0.39, 0.29) is 29.4 Å². The quantitative estimate of drug-likeness (QED) is 0.540. The molecule has 1 aliphatic carbocycles. The van der Waals surface area contributed by atoms with Crippen molar-refractivity contribution in [1.82, 2.24) is 9.80 Å². The third-order valence-electron chi connectivity index (χ3n) is 8.30. The number of rotatable bonds is 5. The first-order valence-corrected chi connectivity index (χ1v) is 13.0. The van der Waals surface area contributed by atoms with Gasteiger partial charge in [0, 0.05) is 12.1 Å². The Labute approximate surface area is 207 Å². The van der Waals surface area contributed by atoms with E-state index in [1.54, 1.807) is 11.0 Å². The van der Waals surface area contributed by atoms with Gasteiger partial charge in [-0.05, 0) is 105 Å². The second-order valence-electron chi connectivity index (χ2n) is 11.5. The van der Waals surface area contributed by atoms with Crippen molar-refractivity contribution in [2.75, 3.05) is 19.6 Å². The van der Waals surface area contributed by atoms with E-state index in [4.69, 9.17) is 4.74 Å². The molecular weight excluding hydrogens is 443 g/mol. The molecule has 0 spiro atoms. The van der Waals surface area contributed by atoms with Gasteiger partial charge in [0.15, 0.2) is 0 Å². The molecule has 1 N–H and O–H groups in total. The summed E-state index contributed by atoms with van der Waals surface area (Å²) in [7, 11) is 0. The monoisotopic (exact) mass is 480 g/mol. The Hall–Kier alpha value is -2.60. The molecule has 2 aromatic rings. The molecule has 188 valence electrons. The van der Waals surface area contributed by atoms with Crippen LogP contribution in [0.4, 0.5) is 9.18 Å². The Morgan fingerprint density at radius 2 is 1.94 bits per heavy atom. The summed E-state index contributed by atoms with van der Waals surface area (Å²) in [6, 6.07) is 10.7. The van der Waals surface area contributed by atoms with Crippen LogP contribution in [0.2, 0.25) is 0 Å². The van der Waals surface area contributed by atoms with Crippen LogP contribution in [0.15, 0.2) is 36.4 Å². The Morgan fingerprint density at radius 1 is 1.20 bits per heavy atom. The molecule has 2 aromatic carbocycles. The van der Waals surface area contributed by atoms with Crippen molar-refractivity contribution in [3.63, 3.8) is 0 Å². The highest BCUT2D eigenvalue weighted by molar-refractivity contribution is 5.70. The zero-order chi connectivity index (χ0) is 24.9. The normalized spacial score (nSPS) is 26.9. The Balaban J connectivity index is 1.56. The van der Waals surface area contributed by atoms with Gasteiger partial charge < -0.3 is 14.7 Å². The van der Waals surface area contributed by atoms with E-state index in [1.165, 1.54) is 0 Å². The molecule has 5 nitrogen and oxygen atoms in total. The number of ether oxygens (including phenoxy) is 1. The fourth-order valence-electron chi connectivity index (χ4n) is 6.57. The van der Waals surface area contributed by atoms with Crippen LogP contribution in [-0.2, 0) is 6.42 Å². The number of fused-ring (bicyclic) bond motifs is 4. The maximum atomic E-state index is 15.7. The zero-order valence-corrected chi connectivity index (χ0v) is 21.3. The van der Waals surface area contributed by atoms with Crippen LogP contribution in [0.25, 0.3) is 11.1 Å². The number of piperidine rings is 3. The first kappa shape index (κ1) is 24.1. The van der Waals surface area contributed by atoms with E-state index in [0.29, 0.717) is 17.2 Å². The van der Waals surface area contributed by atoms with Crippen LogP contribution in [0.1, 0.15) is 64.1 Å². The first-order chi connectivity index (χ1) is 16.6. The van der Waals surface area contributed by atoms with Crippen LogP contribution in [0.5, 0.6) is 5.75 Å². The molecule has 3 heterocycles. The lowest BCUT2D eigenvalue weighted by Crippen LogP contribution is -2.61. The van der Waals surface area contributed by atoms with Gasteiger partial charge in [-0.25, -0.2) is 9.18 Å². The number of nitrogens with zero attached hydrogens (tertiary/aromatic N) is 2. The van der Waals surface area contributed by atoms with Gasteiger partial charge in [0.05, 0.1) is 18.2 Å². The molecule has 6 rings (SSSR count). The summed E-state index contributed by atoms with van der Waals surface area (Å²) in [4.78, 5) is 16.9. The predicted octanol–water partition coefficient (Wildman–Crippen LogP) is 6.37. The van der Waals surface area contributed by atoms with Crippen molar-refractivity contribution >= 4 is 6.09 Å². The largest absolute Gasteiger partial charge is 0.491 e. The molecule has 1 amide bonds. The van der Waals surface area contributed by atoms with Crippen molar-refractivity contribution < 1.29 is 19.0 Å². The second kappa shape index (κ2) is 9.12. The van der Waals surface area contributed by atoms with E-state index in [1.807, 2.05) is 44.2 Å². The maximum Gasteiger partial charge on any atom is 0.408 e. The number of hydrogen-bond donors (Lipinski definition) is 1. The van der Waals surface area contributed by atoms with Crippen LogP contribution in [-0.4, -0.2) is 52.8 Å². The molecule has 35 heavy (non-hydrogen) atoms. The number of halogens is 1. The molecule has 3 saturated heterocycles. The lowest BCUT2D eigenvalue weighted by atomic mass is 9.68. The lowest BCUT2D eigenvalue weighted by molar-refractivity contribution is -0.0353. The smallest absolute Gasteiger partial charge is 0.408 e. The SMILES string of the molecule is CC(C)Oc1cccc(-c2cc3c(cc2F)[C@H](N(C(=O)O)[C@@H]2CN4CCC2CC4)C(C)(C)CC3)c1. The maximum absolute atomic E-state index is 15.7. The van der Waals surface area contributed by atoms with Crippen molar-refractivity contribution in [2.45, 2.75) is 71.6 Å². The van der Waals surface area contributed by atoms with Gasteiger partial charge in [0.1, 0.15) is 11.6 Å². The fraction of sp³-hybridized carbons (Fsp3) is 0.552. The molecule has 0 radical (unpaired) electrons. The molecule has 3 aliphatic heterocycles. The number of amides is 1. The molecule has 4 aliphatic rings. The zero-order valence-electron chi connectivity index (χ0n) is 21.3. The van der Waals surface area contributed by atoms with Crippen LogP contribution in [0, 0.1) is 17.2 Å². The summed E-state index contributed by atoms with van der Waals surface area (Å²) in [6.45, 7) is 11.1. The highest BCUT2D eigenvalue weighted by atomic mass is 19.1. The molecular formula is C29H37FN2O3. The van der Waals surface area contributed by atoms with Crippen LogP contribution < -0.4 is 4.74 Å². The molecule has 0 saturated carbocycles. The Bertz CT molecular complexity index is 1110. The predicted molar refractivity (Wildman–Crippen MR) is 135 cm³/mol. The minimum atomic E-state index is -0.891. The van der Waals surface area contributed by atoms with E-state index in [9.17, 15) is 9.90 Å². The van der Waals surface area contributed by atoms with Gasteiger partial charge in [-0.2, -0.15) is 0 Å². The minimum absolute atomic E-state index is 0.0370.